The SMILES string of the molecule is CCC1(C(=O)O)CCN(C(=O)NC2CCC(C)CC2)C1. The van der Waals surface area contributed by atoms with Gasteiger partial charge in [-0.25, -0.2) is 4.79 Å². The molecule has 0 spiro atoms. The fourth-order valence-electron chi connectivity index (χ4n) is 3.33. The Bertz CT molecular complexity index is 377. The number of rotatable bonds is 3. The van der Waals surface area contributed by atoms with Crippen molar-refractivity contribution in [3.8, 4) is 0 Å². The summed E-state index contributed by atoms with van der Waals surface area (Å²) in [5.41, 5.74) is -0.738. The van der Waals surface area contributed by atoms with E-state index in [9.17, 15) is 14.7 Å². The van der Waals surface area contributed by atoms with Crippen molar-refractivity contribution in [3.63, 3.8) is 0 Å². The zero-order valence-electron chi connectivity index (χ0n) is 12.5. The lowest BCUT2D eigenvalue weighted by Gasteiger charge is -2.29. The highest BCUT2D eigenvalue weighted by atomic mass is 16.4. The van der Waals surface area contributed by atoms with Gasteiger partial charge in [0.15, 0.2) is 0 Å². The van der Waals surface area contributed by atoms with Crippen LogP contribution in [-0.2, 0) is 4.79 Å². The number of aliphatic carboxylic acids is 1. The number of carboxylic acid groups (broad SMARTS) is 1. The number of likely N-dealkylation sites (tertiary alicyclic amines) is 1. The van der Waals surface area contributed by atoms with Gasteiger partial charge < -0.3 is 15.3 Å². The minimum absolute atomic E-state index is 0.0823. The van der Waals surface area contributed by atoms with Gasteiger partial charge in [0.2, 0.25) is 0 Å². The molecule has 1 saturated carbocycles. The molecule has 0 aromatic heterocycles. The van der Waals surface area contributed by atoms with Crippen LogP contribution in [0.4, 0.5) is 4.79 Å². The molecule has 0 bridgehead atoms. The van der Waals surface area contributed by atoms with E-state index in [2.05, 4.69) is 12.2 Å². The van der Waals surface area contributed by atoms with E-state index in [0.717, 1.165) is 18.8 Å². The van der Waals surface area contributed by atoms with Crippen molar-refractivity contribution in [2.75, 3.05) is 13.1 Å². The molecule has 114 valence electrons. The zero-order valence-corrected chi connectivity index (χ0v) is 12.5. The summed E-state index contributed by atoms with van der Waals surface area (Å²) in [5.74, 6) is -0.0171. The van der Waals surface area contributed by atoms with Crippen molar-refractivity contribution in [2.45, 2.75) is 58.4 Å². The van der Waals surface area contributed by atoms with E-state index in [1.54, 1.807) is 4.90 Å². The van der Waals surface area contributed by atoms with Crippen LogP contribution in [0.2, 0.25) is 0 Å². The van der Waals surface area contributed by atoms with Gasteiger partial charge in [0.05, 0.1) is 5.41 Å². The third-order valence-electron chi connectivity index (χ3n) is 5.11. The van der Waals surface area contributed by atoms with E-state index in [1.807, 2.05) is 6.92 Å². The Morgan fingerprint density at radius 1 is 1.30 bits per heavy atom. The van der Waals surface area contributed by atoms with Crippen LogP contribution in [0.25, 0.3) is 0 Å². The molecule has 1 aliphatic heterocycles. The molecular formula is C15H26N2O3. The molecule has 2 fully saturated rings. The summed E-state index contributed by atoms with van der Waals surface area (Å²) in [6, 6.07) is 0.182. The maximum absolute atomic E-state index is 12.2. The molecule has 1 unspecified atom stereocenters. The highest BCUT2D eigenvalue weighted by molar-refractivity contribution is 5.79. The molecule has 20 heavy (non-hydrogen) atoms. The third-order valence-corrected chi connectivity index (χ3v) is 5.11. The maximum Gasteiger partial charge on any atom is 0.317 e. The number of carboxylic acids is 1. The number of hydrogen-bond donors (Lipinski definition) is 2. The van der Waals surface area contributed by atoms with Gasteiger partial charge in [-0.15, -0.1) is 0 Å². The molecule has 0 aromatic carbocycles. The minimum Gasteiger partial charge on any atom is -0.481 e. The summed E-state index contributed by atoms with van der Waals surface area (Å²) in [7, 11) is 0. The third kappa shape index (κ3) is 3.07. The fourth-order valence-corrected chi connectivity index (χ4v) is 3.33. The monoisotopic (exact) mass is 282 g/mol. The molecule has 2 rings (SSSR count). The Balaban J connectivity index is 1.87. The lowest BCUT2D eigenvalue weighted by atomic mass is 9.84. The van der Waals surface area contributed by atoms with E-state index >= 15 is 0 Å². The maximum atomic E-state index is 12.2. The van der Waals surface area contributed by atoms with Crippen LogP contribution in [-0.4, -0.2) is 41.1 Å². The number of amides is 2. The molecule has 2 N–H and O–H groups in total. The van der Waals surface area contributed by atoms with Gasteiger partial charge in [-0.2, -0.15) is 0 Å². The first-order chi connectivity index (χ1) is 9.47. The zero-order chi connectivity index (χ0) is 14.8. The normalized spacial score (nSPS) is 34.0. The van der Waals surface area contributed by atoms with Crippen LogP contribution < -0.4 is 5.32 Å². The molecule has 0 aromatic rings. The van der Waals surface area contributed by atoms with Gasteiger partial charge in [-0.3, -0.25) is 4.79 Å². The first kappa shape index (κ1) is 15.1. The predicted molar refractivity (Wildman–Crippen MR) is 76.5 cm³/mol. The summed E-state index contributed by atoms with van der Waals surface area (Å²) >= 11 is 0. The van der Waals surface area contributed by atoms with Crippen molar-refractivity contribution >= 4 is 12.0 Å². The highest BCUT2D eigenvalue weighted by Gasteiger charge is 2.45. The lowest BCUT2D eigenvalue weighted by Crippen LogP contribution is -2.46. The van der Waals surface area contributed by atoms with E-state index in [4.69, 9.17) is 0 Å². The Morgan fingerprint density at radius 3 is 2.45 bits per heavy atom. The van der Waals surface area contributed by atoms with Crippen molar-refractivity contribution in [1.82, 2.24) is 10.2 Å². The topological polar surface area (TPSA) is 69.6 Å². The summed E-state index contributed by atoms with van der Waals surface area (Å²) in [6.07, 6.45) is 5.55. The summed E-state index contributed by atoms with van der Waals surface area (Å²) in [5, 5.41) is 12.4. The van der Waals surface area contributed by atoms with Crippen LogP contribution in [0, 0.1) is 11.3 Å². The molecule has 1 heterocycles. The quantitative estimate of drug-likeness (QED) is 0.835. The average molecular weight is 282 g/mol. The van der Waals surface area contributed by atoms with Gasteiger partial charge in [0.25, 0.3) is 0 Å². The molecule has 2 amide bonds. The van der Waals surface area contributed by atoms with Gasteiger partial charge in [0.1, 0.15) is 0 Å². The second kappa shape index (κ2) is 6.02. The van der Waals surface area contributed by atoms with E-state index in [0.29, 0.717) is 25.9 Å². The van der Waals surface area contributed by atoms with Crippen LogP contribution in [0.15, 0.2) is 0 Å². The predicted octanol–water partition coefficient (Wildman–Crippen LogP) is 2.46. The minimum atomic E-state index is -0.776. The summed E-state index contributed by atoms with van der Waals surface area (Å²) < 4.78 is 0. The second-order valence-corrected chi connectivity index (χ2v) is 6.52. The van der Waals surface area contributed by atoms with Crippen molar-refractivity contribution < 1.29 is 14.7 Å². The highest BCUT2D eigenvalue weighted by Crippen LogP contribution is 2.34. The van der Waals surface area contributed by atoms with Gasteiger partial charge in [-0.1, -0.05) is 13.8 Å². The fraction of sp³-hybridized carbons (Fsp3) is 0.867. The molecule has 5 nitrogen and oxygen atoms in total. The van der Waals surface area contributed by atoms with E-state index in [1.165, 1.54) is 12.8 Å². The number of urea groups is 1. The molecule has 1 saturated heterocycles. The first-order valence-corrected chi connectivity index (χ1v) is 7.75. The molecule has 0 radical (unpaired) electrons. The van der Waals surface area contributed by atoms with Crippen LogP contribution in [0.5, 0.6) is 0 Å². The van der Waals surface area contributed by atoms with Gasteiger partial charge >= 0.3 is 12.0 Å². The number of nitrogens with zero attached hydrogens (tertiary/aromatic N) is 1. The number of carbonyl (C=O) groups excluding carboxylic acids is 1. The van der Waals surface area contributed by atoms with E-state index in [-0.39, 0.29) is 12.1 Å². The van der Waals surface area contributed by atoms with Crippen LogP contribution >= 0.6 is 0 Å². The number of nitrogens with one attached hydrogen (secondary N) is 1. The standard InChI is InChI=1S/C15H26N2O3/c1-3-15(13(18)19)8-9-17(10-15)14(20)16-12-6-4-11(2)5-7-12/h11-12H,3-10H2,1-2H3,(H,16,20)(H,18,19). The van der Waals surface area contributed by atoms with E-state index < -0.39 is 11.4 Å². The van der Waals surface area contributed by atoms with Crippen molar-refractivity contribution in [1.29, 1.82) is 0 Å². The molecular weight excluding hydrogens is 256 g/mol. The molecule has 1 atom stereocenters. The van der Waals surface area contributed by atoms with Crippen molar-refractivity contribution in [3.05, 3.63) is 0 Å². The first-order valence-electron chi connectivity index (χ1n) is 7.75. The van der Waals surface area contributed by atoms with Crippen LogP contribution in [0.1, 0.15) is 52.4 Å². The largest absolute Gasteiger partial charge is 0.481 e. The lowest BCUT2D eigenvalue weighted by molar-refractivity contribution is -0.148. The van der Waals surface area contributed by atoms with Gasteiger partial charge in [-0.05, 0) is 44.4 Å². The van der Waals surface area contributed by atoms with Crippen LogP contribution in [0.3, 0.4) is 0 Å². The molecule has 1 aliphatic carbocycles. The molecule has 5 heteroatoms. The Hall–Kier alpha value is -1.26. The average Bonchev–Trinajstić information content (AvgIpc) is 2.87. The second-order valence-electron chi connectivity index (χ2n) is 6.52. The molecule has 2 aliphatic rings. The summed E-state index contributed by atoms with van der Waals surface area (Å²) in [6.45, 7) is 5.03. The Kier molecular flexibility index (Phi) is 4.55. The Labute approximate surface area is 120 Å². The smallest absolute Gasteiger partial charge is 0.317 e. The van der Waals surface area contributed by atoms with Crippen molar-refractivity contribution in [2.24, 2.45) is 11.3 Å². The Morgan fingerprint density at radius 2 is 1.95 bits per heavy atom. The summed E-state index contributed by atoms with van der Waals surface area (Å²) in [4.78, 5) is 25.3. The number of carbonyl (C=O) groups is 2. The number of hydrogen-bond acceptors (Lipinski definition) is 2. The van der Waals surface area contributed by atoms with Gasteiger partial charge in [0, 0.05) is 19.1 Å².